The lowest BCUT2D eigenvalue weighted by Gasteiger charge is -2.06. The molecule has 0 saturated heterocycles. The topological polar surface area (TPSA) is 43.1 Å². The Labute approximate surface area is 123 Å². The molecule has 0 spiro atoms. The van der Waals surface area contributed by atoms with Crippen molar-refractivity contribution in [1.29, 1.82) is 0 Å². The number of hydrogen-bond donors (Lipinski definition) is 0. The predicted octanol–water partition coefficient (Wildman–Crippen LogP) is 5.13. The zero-order chi connectivity index (χ0) is 13.7. The van der Waals surface area contributed by atoms with Crippen LogP contribution in [0.25, 0.3) is 11.1 Å². The van der Waals surface area contributed by atoms with E-state index in [2.05, 4.69) is 0 Å². The second-order valence-electron chi connectivity index (χ2n) is 4.31. The number of halogens is 3. The molecule has 2 aromatic carbocycles. The van der Waals surface area contributed by atoms with Gasteiger partial charge in [0, 0.05) is 21.7 Å². The summed E-state index contributed by atoms with van der Waals surface area (Å²) in [5.41, 5.74) is 2.90. The average molecular weight is 315 g/mol. The van der Waals surface area contributed by atoms with E-state index in [0.29, 0.717) is 32.6 Å². The van der Waals surface area contributed by atoms with Crippen LogP contribution in [0.5, 0.6) is 0 Å². The maximum Gasteiger partial charge on any atom is 0.279 e. The van der Waals surface area contributed by atoms with Crippen molar-refractivity contribution in [3.05, 3.63) is 60.6 Å². The molecule has 3 nitrogen and oxygen atoms in total. The fourth-order valence-corrected chi connectivity index (χ4v) is 3.34. The Balaban J connectivity index is 2.37. The number of nitro groups is 1. The van der Waals surface area contributed by atoms with Crippen molar-refractivity contribution in [2.24, 2.45) is 0 Å². The lowest BCUT2D eigenvalue weighted by molar-refractivity contribution is -0.384. The van der Waals surface area contributed by atoms with Crippen molar-refractivity contribution in [2.45, 2.75) is 6.42 Å². The van der Waals surface area contributed by atoms with Crippen LogP contribution in [0.15, 0.2) is 24.3 Å². The highest BCUT2D eigenvalue weighted by Crippen LogP contribution is 2.47. The monoisotopic (exact) mass is 313 g/mol. The second-order valence-corrected chi connectivity index (χ2v) is 5.59. The average Bonchev–Trinajstić information content (AvgIpc) is 2.64. The van der Waals surface area contributed by atoms with Gasteiger partial charge in [0.25, 0.3) is 5.69 Å². The third-order valence-electron chi connectivity index (χ3n) is 3.13. The van der Waals surface area contributed by atoms with E-state index in [4.69, 9.17) is 34.8 Å². The Morgan fingerprint density at radius 1 is 0.947 bits per heavy atom. The molecule has 0 radical (unpaired) electrons. The third kappa shape index (κ3) is 1.98. The van der Waals surface area contributed by atoms with Crippen molar-refractivity contribution in [2.75, 3.05) is 0 Å². The minimum atomic E-state index is -0.440. The number of fused-ring (bicyclic) bond motifs is 3. The number of nitro benzene ring substituents is 1. The van der Waals surface area contributed by atoms with Crippen LogP contribution < -0.4 is 0 Å². The molecule has 0 N–H and O–H groups in total. The molecule has 0 atom stereocenters. The highest BCUT2D eigenvalue weighted by atomic mass is 35.5. The van der Waals surface area contributed by atoms with Gasteiger partial charge in [-0.05, 0) is 35.7 Å². The molecule has 0 fully saturated rings. The van der Waals surface area contributed by atoms with Crippen LogP contribution >= 0.6 is 34.8 Å². The van der Waals surface area contributed by atoms with Gasteiger partial charge in [-0.25, -0.2) is 0 Å². The minimum absolute atomic E-state index is 0.0227. The summed E-state index contributed by atoms with van der Waals surface area (Å²) in [4.78, 5) is 10.7. The molecule has 19 heavy (non-hydrogen) atoms. The van der Waals surface area contributed by atoms with E-state index in [-0.39, 0.29) is 5.69 Å². The molecule has 2 aromatic rings. The lowest BCUT2D eigenvalue weighted by atomic mass is 10.0. The molecule has 0 unspecified atom stereocenters. The van der Waals surface area contributed by atoms with Crippen molar-refractivity contribution in [3.63, 3.8) is 0 Å². The zero-order valence-electron chi connectivity index (χ0n) is 9.41. The van der Waals surface area contributed by atoms with Crippen LogP contribution in [0.1, 0.15) is 11.1 Å². The van der Waals surface area contributed by atoms with Gasteiger partial charge in [0.05, 0.1) is 15.5 Å². The van der Waals surface area contributed by atoms with Crippen molar-refractivity contribution in [1.82, 2.24) is 0 Å². The molecule has 0 amide bonds. The normalized spacial score (nSPS) is 12.2. The van der Waals surface area contributed by atoms with E-state index in [1.165, 1.54) is 6.07 Å². The SMILES string of the molecule is O=[N+]([O-])c1cc(Cl)cc2c1-c1c(Cl)cc(Cl)cc1C2. The molecule has 96 valence electrons. The smallest absolute Gasteiger partial charge is 0.258 e. The van der Waals surface area contributed by atoms with Gasteiger partial charge in [0.15, 0.2) is 0 Å². The van der Waals surface area contributed by atoms with E-state index >= 15 is 0 Å². The molecule has 0 bridgehead atoms. The Bertz CT molecular complexity index is 728. The first-order valence-corrected chi connectivity index (χ1v) is 6.56. The largest absolute Gasteiger partial charge is 0.279 e. The summed E-state index contributed by atoms with van der Waals surface area (Å²) in [6.07, 6.45) is 0.548. The summed E-state index contributed by atoms with van der Waals surface area (Å²) in [7, 11) is 0. The molecule has 0 heterocycles. The summed E-state index contributed by atoms with van der Waals surface area (Å²) < 4.78 is 0. The molecule has 0 saturated carbocycles. The van der Waals surface area contributed by atoms with Gasteiger partial charge in [0.2, 0.25) is 0 Å². The van der Waals surface area contributed by atoms with Crippen LogP contribution in [0.4, 0.5) is 5.69 Å². The van der Waals surface area contributed by atoms with E-state index in [9.17, 15) is 10.1 Å². The van der Waals surface area contributed by atoms with Crippen molar-refractivity contribution < 1.29 is 4.92 Å². The summed E-state index contributed by atoms with van der Waals surface area (Å²) in [6.45, 7) is 0. The highest BCUT2D eigenvalue weighted by Gasteiger charge is 2.30. The van der Waals surface area contributed by atoms with E-state index in [1.807, 2.05) is 0 Å². The number of rotatable bonds is 1. The first-order valence-electron chi connectivity index (χ1n) is 5.42. The summed E-state index contributed by atoms with van der Waals surface area (Å²) in [5, 5.41) is 12.5. The van der Waals surface area contributed by atoms with Crippen LogP contribution in [0, 0.1) is 10.1 Å². The Morgan fingerprint density at radius 2 is 1.53 bits per heavy atom. The molecule has 6 heteroatoms. The van der Waals surface area contributed by atoms with Crippen LogP contribution in [0.3, 0.4) is 0 Å². The third-order valence-corrected chi connectivity index (χ3v) is 3.86. The first-order chi connectivity index (χ1) is 8.97. The van der Waals surface area contributed by atoms with Gasteiger partial charge in [-0.1, -0.05) is 34.8 Å². The van der Waals surface area contributed by atoms with Crippen molar-refractivity contribution >= 4 is 40.5 Å². The first kappa shape index (κ1) is 12.7. The summed E-state index contributed by atoms with van der Waals surface area (Å²) in [6, 6.07) is 6.45. The second kappa shape index (κ2) is 4.37. The minimum Gasteiger partial charge on any atom is -0.258 e. The van der Waals surface area contributed by atoms with Crippen LogP contribution in [-0.2, 0) is 6.42 Å². The van der Waals surface area contributed by atoms with Crippen LogP contribution in [-0.4, -0.2) is 4.92 Å². The number of benzene rings is 2. The number of nitrogens with zero attached hydrogens (tertiary/aromatic N) is 1. The maximum atomic E-state index is 11.2. The molecular weight excluding hydrogens is 309 g/mol. The fraction of sp³-hybridized carbons (Fsp3) is 0.0769. The van der Waals surface area contributed by atoms with Crippen molar-refractivity contribution in [3.8, 4) is 11.1 Å². The Hall–Kier alpha value is -1.29. The van der Waals surface area contributed by atoms with Gasteiger partial charge >= 0.3 is 0 Å². The maximum absolute atomic E-state index is 11.2. The van der Waals surface area contributed by atoms with Gasteiger partial charge in [-0.2, -0.15) is 0 Å². The standard InChI is InChI=1S/C13H6Cl3NO2/c14-8-2-6-1-7-3-9(15)5-11(17(18)19)13(7)12(6)10(16)4-8/h2-5H,1H2. The molecule has 0 aliphatic heterocycles. The number of hydrogen-bond acceptors (Lipinski definition) is 2. The molecule has 1 aliphatic carbocycles. The van der Waals surface area contributed by atoms with E-state index in [0.717, 1.165) is 11.1 Å². The summed E-state index contributed by atoms with van der Waals surface area (Å²) in [5.74, 6) is 0. The lowest BCUT2D eigenvalue weighted by Crippen LogP contribution is -1.93. The van der Waals surface area contributed by atoms with Gasteiger partial charge < -0.3 is 0 Å². The quantitative estimate of drug-likeness (QED) is 0.462. The van der Waals surface area contributed by atoms with Gasteiger partial charge in [-0.3, -0.25) is 10.1 Å². The highest BCUT2D eigenvalue weighted by molar-refractivity contribution is 6.37. The Kier molecular flexibility index (Phi) is 2.93. The molecule has 0 aromatic heterocycles. The fourth-order valence-electron chi connectivity index (χ4n) is 2.47. The predicted molar refractivity (Wildman–Crippen MR) is 76.4 cm³/mol. The summed E-state index contributed by atoms with van der Waals surface area (Å²) >= 11 is 18.1. The molecule has 3 rings (SSSR count). The molecule has 1 aliphatic rings. The van der Waals surface area contributed by atoms with Gasteiger partial charge in [0.1, 0.15) is 0 Å². The molecular formula is C13H6Cl3NO2. The van der Waals surface area contributed by atoms with Gasteiger partial charge in [-0.15, -0.1) is 0 Å². The van der Waals surface area contributed by atoms with E-state index < -0.39 is 4.92 Å². The van der Waals surface area contributed by atoms with E-state index in [1.54, 1.807) is 18.2 Å². The Morgan fingerprint density at radius 3 is 2.16 bits per heavy atom. The zero-order valence-corrected chi connectivity index (χ0v) is 11.7. The van der Waals surface area contributed by atoms with Crippen LogP contribution in [0.2, 0.25) is 15.1 Å².